The molecule has 0 aromatic heterocycles. The van der Waals surface area contributed by atoms with E-state index >= 15 is 0 Å². The molecule has 3 heteroatoms. The third kappa shape index (κ3) is 3.78. The minimum Gasteiger partial charge on any atom is -0.399 e. The van der Waals surface area contributed by atoms with E-state index in [0.717, 1.165) is 12.2 Å². The molecule has 2 N–H and O–H groups in total. The van der Waals surface area contributed by atoms with Crippen molar-refractivity contribution in [2.75, 3.05) is 12.3 Å². The van der Waals surface area contributed by atoms with Crippen LogP contribution < -0.4 is 5.73 Å². The quantitative estimate of drug-likeness (QED) is 0.863. The Bertz CT molecular complexity index is 482. The van der Waals surface area contributed by atoms with Gasteiger partial charge in [-0.3, -0.25) is 4.79 Å². The molecule has 3 nitrogen and oxygen atoms in total. The summed E-state index contributed by atoms with van der Waals surface area (Å²) in [5, 5.41) is 0. The summed E-state index contributed by atoms with van der Waals surface area (Å²) in [7, 11) is 0. The summed E-state index contributed by atoms with van der Waals surface area (Å²) in [6, 6.07) is 8.22. The maximum atomic E-state index is 12.7. The number of nitrogen functional groups attached to an aromatic ring is 1. The van der Waals surface area contributed by atoms with Crippen molar-refractivity contribution in [2.45, 2.75) is 52.5 Å². The van der Waals surface area contributed by atoms with Crippen molar-refractivity contribution >= 4 is 11.6 Å². The second kappa shape index (κ2) is 6.50. The first-order chi connectivity index (χ1) is 9.88. The van der Waals surface area contributed by atoms with Crippen LogP contribution in [0.4, 0.5) is 5.69 Å². The van der Waals surface area contributed by atoms with Gasteiger partial charge in [0.05, 0.1) is 0 Å². The minimum absolute atomic E-state index is 0.234. The predicted octanol–water partition coefficient (Wildman–Crippen LogP) is 3.66. The first-order valence-corrected chi connectivity index (χ1v) is 8.03. The molecule has 1 saturated heterocycles. The summed E-state index contributed by atoms with van der Waals surface area (Å²) in [4.78, 5) is 14.7. The molecule has 21 heavy (non-hydrogen) atoms. The summed E-state index contributed by atoms with van der Waals surface area (Å²) >= 11 is 0. The Morgan fingerprint density at radius 3 is 2.52 bits per heavy atom. The molecule has 116 valence electrons. The van der Waals surface area contributed by atoms with E-state index in [4.69, 9.17) is 5.73 Å². The maximum absolute atomic E-state index is 12.7. The SMILES string of the molecule is CC1CC(C)C(C)N(C(=O)CC(C)c2ccc(N)cc2)C1. The molecule has 0 radical (unpaired) electrons. The van der Waals surface area contributed by atoms with Crippen molar-refractivity contribution in [3.8, 4) is 0 Å². The molecule has 1 aliphatic rings. The zero-order valence-corrected chi connectivity index (χ0v) is 13.7. The molecule has 0 spiro atoms. The third-order valence-corrected chi connectivity index (χ3v) is 4.90. The molecule has 1 aromatic rings. The fourth-order valence-corrected chi connectivity index (χ4v) is 3.37. The van der Waals surface area contributed by atoms with E-state index in [1.807, 2.05) is 24.3 Å². The highest BCUT2D eigenvalue weighted by atomic mass is 16.2. The van der Waals surface area contributed by atoms with Gasteiger partial charge >= 0.3 is 0 Å². The van der Waals surface area contributed by atoms with E-state index in [1.165, 1.54) is 12.0 Å². The number of carbonyl (C=O) groups is 1. The highest BCUT2D eigenvalue weighted by Gasteiger charge is 2.32. The summed E-state index contributed by atoms with van der Waals surface area (Å²) in [5.74, 6) is 1.71. The number of nitrogens with two attached hydrogens (primary N) is 1. The molecular weight excluding hydrogens is 260 g/mol. The van der Waals surface area contributed by atoms with Crippen LogP contribution in [0, 0.1) is 11.8 Å². The van der Waals surface area contributed by atoms with Gasteiger partial charge in [0.1, 0.15) is 0 Å². The summed E-state index contributed by atoms with van der Waals surface area (Å²) < 4.78 is 0. The molecule has 0 saturated carbocycles. The fraction of sp³-hybridized carbons (Fsp3) is 0.611. The number of hydrogen-bond acceptors (Lipinski definition) is 2. The summed E-state index contributed by atoms with van der Waals surface area (Å²) in [6.45, 7) is 9.70. The number of amides is 1. The Morgan fingerprint density at radius 2 is 1.90 bits per heavy atom. The molecular formula is C18H28N2O. The maximum Gasteiger partial charge on any atom is 0.223 e. The molecule has 4 unspecified atom stereocenters. The second-order valence-corrected chi connectivity index (χ2v) is 6.88. The van der Waals surface area contributed by atoms with Gasteiger partial charge in [-0.25, -0.2) is 0 Å². The topological polar surface area (TPSA) is 46.3 Å². The number of hydrogen-bond donors (Lipinski definition) is 1. The standard InChI is InChI=1S/C18H28N2O/c1-12-9-13(2)15(4)20(11-12)18(21)10-14(3)16-5-7-17(19)8-6-16/h5-8,12-15H,9-11,19H2,1-4H3. The minimum atomic E-state index is 0.234. The van der Waals surface area contributed by atoms with E-state index in [1.54, 1.807) is 0 Å². The number of piperidine rings is 1. The number of nitrogens with zero attached hydrogens (tertiary/aromatic N) is 1. The van der Waals surface area contributed by atoms with Crippen LogP contribution in [-0.2, 0) is 4.79 Å². The third-order valence-electron chi connectivity index (χ3n) is 4.90. The lowest BCUT2D eigenvalue weighted by atomic mass is 9.85. The summed E-state index contributed by atoms with van der Waals surface area (Å²) in [6.07, 6.45) is 1.80. The van der Waals surface area contributed by atoms with Crippen LogP contribution in [0.5, 0.6) is 0 Å². The molecule has 1 aromatic carbocycles. The van der Waals surface area contributed by atoms with Crippen LogP contribution in [-0.4, -0.2) is 23.4 Å². The molecule has 1 aliphatic heterocycles. The Balaban J connectivity index is 2.01. The van der Waals surface area contributed by atoms with Crippen molar-refractivity contribution in [3.63, 3.8) is 0 Å². The van der Waals surface area contributed by atoms with Crippen LogP contribution in [0.2, 0.25) is 0 Å². The fourth-order valence-electron chi connectivity index (χ4n) is 3.37. The Labute approximate surface area is 128 Å². The van der Waals surface area contributed by atoms with Gasteiger partial charge in [-0.1, -0.05) is 32.9 Å². The van der Waals surface area contributed by atoms with E-state index in [-0.39, 0.29) is 11.8 Å². The van der Waals surface area contributed by atoms with Gasteiger partial charge in [0.15, 0.2) is 0 Å². The zero-order chi connectivity index (χ0) is 15.6. The van der Waals surface area contributed by atoms with E-state index in [2.05, 4.69) is 32.6 Å². The number of anilines is 1. The number of likely N-dealkylation sites (tertiary alicyclic amines) is 1. The van der Waals surface area contributed by atoms with Gasteiger partial charge in [0.2, 0.25) is 5.91 Å². The average molecular weight is 288 g/mol. The average Bonchev–Trinajstić information content (AvgIpc) is 2.43. The van der Waals surface area contributed by atoms with Gasteiger partial charge in [-0.15, -0.1) is 0 Å². The molecule has 1 amide bonds. The number of benzene rings is 1. The Hall–Kier alpha value is -1.51. The smallest absolute Gasteiger partial charge is 0.223 e. The molecule has 4 atom stereocenters. The van der Waals surface area contributed by atoms with Crippen molar-refractivity contribution < 1.29 is 4.79 Å². The van der Waals surface area contributed by atoms with E-state index in [0.29, 0.717) is 24.3 Å². The van der Waals surface area contributed by atoms with Gasteiger partial charge in [0, 0.05) is 24.7 Å². The lowest BCUT2D eigenvalue weighted by molar-refractivity contribution is -0.137. The van der Waals surface area contributed by atoms with Crippen molar-refractivity contribution in [1.82, 2.24) is 4.90 Å². The van der Waals surface area contributed by atoms with Crippen LogP contribution in [0.25, 0.3) is 0 Å². The summed E-state index contributed by atoms with van der Waals surface area (Å²) in [5.41, 5.74) is 7.67. The van der Waals surface area contributed by atoms with Crippen molar-refractivity contribution in [3.05, 3.63) is 29.8 Å². The molecule has 0 bridgehead atoms. The van der Waals surface area contributed by atoms with Crippen LogP contribution >= 0.6 is 0 Å². The Kier molecular flexibility index (Phi) is 4.92. The molecule has 1 heterocycles. The van der Waals surface area contributed by atoms with Crippen LogP contribution in [0.3, 0.4) is 0 Å². The molecule has 0 aliphatic carbocycles. The largest absolute Gasteiger partial charge is 0.399 e. The molecule has 1 fully saturated rings. The Morgan fingerprint density at radius 1 is 1.29 bits per heavy atom. The first kappa shape index (κ1) is 15.9. The van der Waals surface area contributed by atoms with E-state index < -0.39 is 0 Å². The van der Waals surface area contributed by atoms with Crippen molar-refractivity contribution in [2.24, 2.45) is 11.8 Å². The van der Waals surface area contributed by atoms with Crippen LogP contribution in [0.15, 0.2) is 24.3 Å². The number of rotatable bonds is 3. The van der Waals surface area contributed by atoms with Gasteiger partial charge in [-0.2, -0.15) is 0 Å². The van der Waals surface area contributed by atoms with Crippen molar-refractivity contribution in [1.29, 1.82) is 0 Å². The number of carbonyl (C=O) groups excluding carboxylic acids is 1. The van der Waals surface area contributed by atoms with Gasteiger partial charge < -0.3 is 10.6 Å². The molecule has 2 rings (SSSR count). The van der Waals surface area contributed by atoms with E-state index in [9.17, 15) is 4.79 Å². The normalized spacial score (nSPS) is 27.4. The van der Waals surface area contributed by atoms with Gasteiger partial charge in [-0.05, 0) is 48.8 Å². The first-order valence-electron chi connectivity index (χ1n) is 8.03. The highest BCUT2D eigenvalue weighted by molar-refractivity contribution is 5.77. The monoisotopic (exact) mass is 288 g/mol. The second-order valence-electron chi connectivity index (χ2n) is 6.88. The predicted molar refractivity (Wildman–Crippen MR) is 88.0 cm³/mol. The lowest BCUT2D eigenvalue weighted by Crippen LogP contribution is -2.49. The zero-order valence-electron chi connectivity index (χ0n) is 13.7. The van der Waals surface area contributed by atoms with Crippen LogP contribution in [0.1, 0.15) is 52.0 Å². The van der Waals surface area contributed by atoms with Gasteiger partial charge in [0.25, 0.3) is 0 Å². The lowest BCUT2D eigenvalue weighted by Gasteiger charge is -2.41. The highest BCUT2D eigenvalue weighted by Crippen LogP contribution is 2.29.